The van der Waals surface area contributed by atoms with Crippen molar-refractivity contribution >= 4 is 23.1 Å². The minimum absolute atomic E-state index is 0.0395. The number of hydrogen-bond donors (Lipinski definition) is 1. The van der Waals surface area contributed by atoms with Crippen molar-refractivity contribution in [1.82, 2.24) is 19.2 Å². The minimum Gasteiger partial charge on any atom is -0.505 e. The molecule has 3 aromatic rings. The molecule has 2 aliphatic heterocycles. The Bertz CT molecular complexity index is 1410. The van der Waals surface area contributed by atoms with E-state index in [9.17, 15) is 14.7 Å². The Balaban J connectivity index is 1.61. The van der Waals surface area contributed by atoms with Gasteiger partial charge in [0.25, 0.3) is 11.7 Å². The molecule has 1 atom stereocenters. The molecule has 0 aliphatic carbocycles. The molecule has 38 heavy (non-hydrogen) atoms. The van der Waals surface area contributed by atoms with Crippen LogP contribution in [0.15, 0.2) is 48.2 Å². The number of nitrogens with zero attached hydrogens (tertiary/aromatic N) is 4. The van der Waals surface area contributed by atoms with Crippen LogP contribution in [0.1, 0.15) is 54.9 Å². The summed E-state index contributed by atoms with van der Waals surface area (Å²) in [6.07, 6.45) is 1.88. The zero-order chi connectivity index (χ0) is 27.2. The van der Waals surface area contributed by atoms with Crippen LogP contribution >= 0.6 is 0 Å². The predicted molar refractivity (Wildman–Crippen MR) is 146 cm³/mol. The van der Waals surface area contributed by atoms with Crippen molar-refractivity contribution in [3.63, 3.8) is 0 Å². The molecule has 5 rings (SSSR count). The summed E-state index contributed by atoms with van der Waals surface area (Å²) in [5, 5.41) is 11.6. The molecule has 2 saturated heterocycles. The second kappa shape index (κ2) is 10.0. The van der Waals surface area contributed by atoms with E-state index in [0.717, 1.165) is 29.8 Å². The highest BCUT2D eigenvalue weighted by atomic mass is 16.5. The number of benzene rings is 1. The summed E-state index contributed by atoms with van der Waals surface area (Å²) in [5.74, 6) is -1.51. The van der Waals surface area contributed by atoms with Crippen LogP contribution in [-0.2, 0) is 19.7 Å². The van der Waals surface area contributed by atoms with Gasteiger partial charge < -0.3 is 19.1 Å². The molecule has 1 N–H and O–H groups in total. The highest BCUT2D eigenvalue weighted by molar-refractivity contribution is 6.46. The van der Waals surface area contributed by atoms with Crippen LogP contribution in [0.4, 0.5) is 0 Å². The smallest absolute Gasteiger partial charge is 0.295 e. The summed E-state index contributed by atoms with van der Waals surface area (Å²) in [6, 6.07) is 11.2. The van der Waals surface area contributed by atoms with Gasteiger partial charge in [-0.05, 0) is 42.0 Å². The van der Waals surface area contributed by atoms with Gasteiger partial charge in [-0.15, -0.1) is 0 Å². The molecule has 2 fully saturated rings. The van der Waals surface area contributed by atoms with E-state index in [0.29, 0.717) is 43.3 Å². The van der Waals surface area contributed by atoms with Crippen LogP contribution in [-0.4, -0.2) is 75.4 Å². The number of aliphatic hydroxyl groups excluding tert-OH is 1. The SMILES string of the molecule is Cc1cccn2c(C)c(/C(O)=C3\C(=O)C(=O)N(CCN4CCOCC4)C3c3ccc(C(C)(C)C)cc3)nc12. The first-order chi connectivity index (χ1) is 18.1. The standard InChI is InChI=1S/C30H36N4O4/c1-19-7-6-12-33-20(2)24(31-28(19)33)26(35)23-25(21-8-10-22(11-9-21)30(3,4)5)34(29(37)27(23)36)14-13-32-15-17-38-18-16-32/h6-12,25,35H,13-18H2,1-5H3/b26-23+. The Kier molecular flexibility index (Phi) is 6.88. The third-order valence-corrected chi connectivity index (χ3v) is 7.70. The highest BCUT2D eigenvalue weighted by Gasteiger charge is 2.46. The Morgan fingerprint density at radius 3 is 2.37 bits per heavy atom. The van der Waals surface area contributed by atoms with E-state index in [1.165, 1.54) is 0 Å². The number of hydrogen-bond acceptors (Lipinski definition) is 6. The van der Waals surface area contributed by atoms with E-state index in [4.69, 9.17) is 4.74 Å². The molecule has 200 valence electrons. The lowest BCUT2D eigenvalue weighted by molar-refractivity contribution is -0.140. The van der Waals surface area contributed by atoms with E-state index < -0.39 is 17.7 Å². The number of morpholine rings is 1. The molecule has 0 bridgehead atoms. The summed E-state index contributed by atoms with van der Waals surface area (Å²) in [6.45, 7) is 14.1. The molecule has 2 aliphatic rings. The molecule has 2 aromatic heterocycles. The van der Waals surface area contributed by atoms with Gasteiger partial charge in [0.05, 0.1) is 30.5 Å². The average molecular weight is 517 g/mol. The molecule has 1 unspecified atom stereocenters. The third-order valence-electron chi connectivity index (χ3n) is 7.70. The van der Waals surface area contributed by atoms with Crippen LogP contribution in [0.25, 0.3) is 11.4 Å². The van der Waals surface area contributed by atoms with Crippen LogP contribution in [0.5, 0.6) is 0 Å². The van der Waals surface area contributed by atoms with E-state index in [1.54, 1.807) is 4.90 Å². The number of pyridine rings is 1. The molecular formula is C30H36N4O4. The molecule has 1 amide bonds. The van der Waals surface area contributed by atoms with Gasteiger partial charge in [0, 0.05) is 32.4 Å². The van der Waals surface area contributed by atoms with Crippen LogP contribution in [0.2, 0.25) is 0 Å². The maximum absolute atomic E-state index is 13.5. The summed E-state index contributed by atoms with van der Waals surface area (Å²) < 4.78 is 7.35. The van der Waals surface area contributed by atoms with Gasteiger partial charge in [0.2, 0.25) is 0 Å². The average Bonchev–Trinajstić information content (AvgIpc) is 3.37. The van der Waals surface area contributed by atoms with E-state index in [-0.39, 0.29) is 16.7 Å². The quantitative estimate of drug-likeness (QED) is 0.313. The maximum Gasteiger partial charge on any atom is 0.295 e. The third kappa shape index (κ3) is 4.63. The van der Waals surface area contributed by atoms with E-state index >= 15 is 0 Å². The second-order valence-corrected chi connectivity index (χ2v) is 11.2. The zero-order valence-corrected chi connectivity index (χ0v) is 22.8. The minimum atomic E-state index is -0.699. The molecule has 0 radical (unpaired) electrons. The number of carbonyl (C=O) groups excluding carboxylic acids is 2. The van der Waals surface area contributed by atoms with Crippen molar-refractivity contribution in [3.05, 3.63) is 76.2 Å². The number of ketones is 1. The van der Waals surface area contributed by atoms with Crippen molar-refractivity contribution < 1.29 is 19.4 Å². The normalized spacial score (nSPS) is 20.6. The first-order valence-electron chi connectivity index (χ1n) is 13.2. The summed E-state index contributed by atoms with van der Waals surface area (Å²) in [7, 11) is 0. The van der Waals surface area contributed by atoms with Crippen LogP contribution in [0, 0.1) is 13.8 Å². The van der Waals surface area contributed by atoms with Crippen LogP contribution in [0.3, 0.4) is 0 Å². The number of aromatic nitrogens is 2. The lowest BCUT2D eigenvalue weighted by Gasteiger charge is -2.31. The Hall–Kier alpha value is -3.49. The molecular weight excluding hydrogens is 480 g/mol. The number of aryl methyl sites for hydroxylation is 2. The fourth-order valence-electron chi connectivity index (χ4n) is 5.37. The fraction of sp³-hybridized carbons (Fsp3) is 0.433. The first kappa shape index (κ1) is 26.1. The number of aliphatic hydroxyl groups is 1. The number of rotatable bonds is 5. The molecule has 1 aromatic carbocycles. The van der Waals surface area contributed by atoms with Crippen molar-refractivity contribution in [2.45, 2.75) is 46.1 Å². The largest absolute Gasteiger partial charge is 0.505 e. The van der Waals surface area contributed by atoms with E-state index in [2.05, 4.69) is 30.7 Å². The second-order valence-electron chi connectivity index (χ2n) is 11.2. The monoisotopic (exact) mass is 516 g/mol. The summed E-state index contributed by atoms with van der Waals surface area (Å²) in [5.41, 5.74) is 4.68. The summed E-state index contributed by atoms with van der Waals surface area (Å²) >= 11 is 0. The van der Waals surface area contributed by atoms with Crippen molar-refractivity contribution in [1.29, 1.82) is 0 Å². The van der Waals surface area contributed by atoms with Crippen molar-refractivity contribution in [2.24, 2.45) is 0 Å². The molecule has 8 nitrogen and oxygen atoms in total. The number of fused-ring (bicyclic) bond motifs is 1. The molecule has 8 heteroatoms. The van der Waals surface area contributed by atoms with Crippen molar-refractivity contribution in [3.8, 4) is 0 Å². The van der Waals surface area contributed by atoms with Crippen LogP contribution < -0.4 is 0 Å². The van der Waals surface area contributed by atoms with Gasteiger partial charge in [-0.2, -0.15) is 0 Å². The van der Waals surface area contributed by atoms with Crippen molar-refractivity contribution in [2.75, 3.05) is 39.4 Å². The summed E-state index contributed by atoms with van der Waals surface area (Å²) in [4.78, 5) is 35.4. The molecule has 4 heterocycles. The van der Waals surface area contributed by atoms with Gasteiger partial charge in [-0.25, -0.2) is 4.98 Å². The first-order valence-corrected chi connectivity index (χ1v) is 13.2. The molecule has 0 saturated carbocycles. The Labute approximate surface area is 223 Å². The molecule has 0 spiro atoms. The number of carbonyl (C=O) groups is 2. The lowest BCUT2D eigenvalue weighted by Crippen LogP contribution is -2.42. The lowest BCUT2D eigenvalue weighted by atomic mass is 9.85. The predicted octanol–water partition coefficient (Wildman–Crippen LogP) is 4.00. The topological polar surface area (TPSA) is 87.4 Å². The highest BCUT2D eigenvalue weighted by Crippen LogP contribution is 2.40. The fourth-order valence-corrected chi connectivity index (χ4v) is 5.37. The van der Waals surface area contributed by atoms with Gasteiger partial charge >= 0.3 is 0 Å². The van der Waals surface area contributed by atoms with E-state index in [1.807, 2.05) is 60.8 Å². The number of amides is 1. The Morgan fingerprint density at radius 2 is 1.74 bits per heavy atom. The number of ether oxygens (including phenoxy) is 1. The number of Topliss-reactive ketones (excluding diaryl/α,β-unsaturated/α-hetero) is 1. The van der Waals surface area contributed by atoms with Gasteiger partial charge in [-0.3, -0.25) is 14.5 Å². The van der Waals surface area contributed by atoms with Gasteiger partial charge in [-0.1, -0.05) is 51.1 Å². The Morgan fingerprint density at radius 1 is 1.05 bits per heavy atom. The number of imidazole rings is 1. The number of likely N-dealkylation sites (tertiary alicyclic amines) is 1. The maximum atomic E-state index is 13.5. The van der Waals surface area contributed by atoms with Gasteiger partial charge in [0.1, 0.15) is 11.3 Å². The zero-order valence-electron chi connectivity index (χ0n) is 22.8. The van der Waals surface area contributed by atoms with Gasteiger partial charge in [0.15, 0.2) is 5.76 Å².